The molecule has 1 saturated heterocycles. The monoisotopic (exact) mass is 644 g/mol. The number of para-hydroxylation sites is 1. The third kappa shape index (κ3) is 7.90. The number of nitrogens with zero attached hydrogens (tertiary/aromatic N) is 4. The summed E-state index contributed by atoms with van der Waals surface area (Å²) in [5.74, 6) is -1.48. The number of fused-ring (bicyclic) bond motifs is 1. The maximum atomic E-state index is 15.2. The number of alkyl halides is 1. The van der Waals surface area contributed by atoms with Gasteiger partial charge in [-0.2, -0.15) is 13.1 Å². The van der Waals surface area contributed by atoms with Gasteiger partial charge in [-0.3, -0.25) is 9.36 Å². The molecule has 1 aliphatic heterocycles. The van der Waals surface area contributed by atoms with Gasteiger partial charge in [-0.05, 0) is 20.8 Å². The van der Waals surface area contributed by atoms with Crippen molar-refractivity contribution < 1.29 is 37.5 Å². The Hall–Kier alpha value is -4.22. The molecule has 0 unspecified atom stereocenters. The summed E-state index contributed by atoms with van der Waals surface area (Å²) in [6.07, 6.45) is -5.23. The van der Waals surface area contributed by atoms with E-state index in [9.17, 15) is 23.4 Å². The van der Waals surface area contributed by atoms with Crippen LogP contribution in [-0.4, -0.2) is 83.5 Å². The van der Waals surface area contributed by atoms with E-state index in [-0.39, 0.29) is 28.4 Å². The zero-order valence-electron chi connectivity index (χ0n) is 25.1. The molecule has 16 heteroatoms. The number of aliphatic hydroxyl groups excluding tert-OH is 1. The van der Waals surface area contributed by atoms with Gasteiger partial charge in [-0.1, -0.05) is 60.3 Å². The number of ether oxygens (including phenoxy) is 1. The zero-order valence-corrected chi connectivity index (χ0v) is 25.9. The Balaban J connectivity index is 0.000000591. The standard InChI is InChI=1S/C23H22FN7O6S.C6H15N/c24-16-18(33)15(10-27-38(35,36)30-22(34)13-8-4-5-9-14(13)32)37-23(16)31-11-26-17-19(25)28-20(29-21(17)31)12-6-2-1-3-7-12;1-4-7(5-2)6-3/h1-9,11,15-16,18,23,27,32-33H,10H2,(H,30,34)(H2,25,28,29);4-6H2,1-3H3/t15-,16-,18-,23-;/m1./s1. The summed E-state index contributed by atoms with van der Waals surface area (Å²) in [5, 5.41) is 22.2. The largest absolute Gasteiger partial charge is 0.872 e. The van der Waals surface area contributed by atoms with Crippen molar-refractivity contribution in [2.45, 2.75) is 45.4 Å². The number of nitrogen functional groups attached to an aromatic ring is 1. The smallest absolute Gasteiger partial charge is 0.301 e. The van der Waals surface area contributed by atoms with Crippen LogP contribution in [0.1, 0.15) is 37.4 Å². The van der Waals surface area contributed by atoms with Crippen molar-refractivity contribution >= 4 is 33.1 Å². The predicted molar refractivity (Wildman–Crippen MR) is 163 cm³/mol. The molecular weight excluding hydrogens is 607 g/mol. The van der Waals surface area contributed by atoms with Crippen molar-refractivity contribution in [3.63, 3.8) is 0 Å². The van der Waals surface area contributed by atoms with Crippen LogP contribution >= 0.6 is 0 Å². The van der Waals surface area contributed by atoms with Crippen molar-refractivity contribution in [2.75, 3.05) is 31.9 Å². The van der Waals surface area contributed by atoms with Crippen LogP contribution in [0.15, 0.2) is 60.9 Å². The number of aromatic nitrogens is 4. The van der Waals surface area contributed by atoms with E-state index in [1.807, 2.05) is 10.8 Å². The minimum atomic E-state index is -4.48. The highest BCUT2D eigenvalue weighted by atomic mass is 32.2. The second-order valence-electron chi connectivity index (χ2n) is 10.2. The third-order valence-corrected chi connectivity index (χ3v) is 8.38. The number of hydrogen-bond acceptors (Lipinski definition) is 10. The number of carbonyl (C=O) groups is 1. The van der Waals surface area contributed by atoms with Gasteiger partial charge < -0.3 is 25.6 Å². The summed E-state index contributed by atoms with van der Waals surface area (Å²) in [6, 6.07) is 14.0. The van der Waals surface area contributed by atoms with Crippen LogP contribution in [0.3, 0.4) is 0 Å². The number of aliphatic hydroxyl groups is 1. The number of hydrogen-bond donors (Lipinski definition) is 5. The first kappa shape index (κ1) is 33.7. The number of nitrogens with two attached hydrogens (primary N) is 1. The van der Waals surface area contributed by atoms with Gasteiger partial charge in [-0.15, -0.1) is 0 Å². The van der Waals surface area contributed by atoms with E-state index in [4.69, 9.17) is 10.5 Å². The molecule has 5 rings (SSSR count). The Kier molecular flexibility index (Phi) is 11.0. The molecule has 0 radical (unpaired) electrons. The van der Waals surface area contributed by atoms with Crippen LogP contribution in [0.5, 0.6) is 5.75 Å². The lowest BCUT2D eigenvalue weighted by Gasteiger charge is -2.17. The van der Waals surface area contributed by atoms with Crippen molar-refractivity contribution in [2.24, 2.45) is 0 Å². The Morgan fingerprint density at radius 3 is 2.36 bits per heavy atom. The van der Waals surface area contributed by atoms with E-state index in [2.05, 4.69) is 35.7 Å². The van der Waals surface area contributed by atoms with Gasteiger partial charge in [0.25, 0.3) is 5.91 Å². The van der Waals surface area contributed by atoms with Crippen molar-refractivity contribution in [3.05, 3.63) is 66.5 Å². The molecule has 0 spiro atoms. The third-order valence-electron chi connectivity index (χ3n) is 7.38. The number of carbonyl (C=O) groups excluding carboxylic acids is 1. The van der Waals surface area contributed by atoms with E-state index in [1.54, 1.807) is 33.9 Å². The lowest BCUT2D eigenvalue weighted by molar-refractivity contribution is -0.894. The molecule has 3 heterocycles. The fraction of sp³-hybridized carbons (Fsp3) is 0.379. The Morgan fingerprint density at radius 1 is 1.09 bits per heavy atom. The van der Waals surface area contributed by atoms with E-state index >= 15 is 4.39 Å². The maximum absolute atomic E-state index is 15.2. The minimum Gasteiger partial charge on any atom is -0.872 e. The first-order valence-electron chi connectivity index (χ1n) is 14.4. The lowest BCUT2D eigenvalue weighted by atomic mass is 10.1. The fourth-order valence-corrected chi connectivity index (χ4v) is 5.56. The second kappa shape index (κ2) is 14.7. The summed E-state index contributed by atoms with van der Waals surface area (Å²) in [6.45, 7) is 9.90. The number of benzene rings is 2. The first-order chi connectivity index (χ1) is 21.5. The number of anilines is 1. The van der Waals surface area contributed by atoms with Gasteiger partial charge in [-0.25, -0.2) is 24.1 Å². The Morgan fingerprint density at radius 2 is 1.73 bits per heavy atom. The number of rotatable bonds is 10. The van der Waals surface area contributed by atoms with Crippen LogP contribution in [0.25, 0.3) is 22.6 Å². The van der Waals surface area contributed by atoms with Gasteiger partial charge in [0.15, 0.2) is 29.7 Å². The number of quaternary nitrogens is 1. The number of amides is 1. The molecule has 2 aromatic heterocycles. The molecule has 2 aromatic carbocycles. The first-order valence-corrected chi connectivity index (χ1v) is 15.9. The van der Waals surface area contributed by atoms with E-state index < -0.39 is 53.0 Å². The van der Waals surface area contributed by atoms with Gasteiger partial charge in [0.1, 0.15) is 17.7 Å². The quantitative estimate of drug-likeness (QED) is 0.156. The summed E-state index contributed by atoms with van der Waals surface area (Å²) in [5.41, 5.74) is 6.68. The van der Waals surface area contributed by atoms with Crippen LogP contribution in [0.2, 0.25) is 0 Å². The van der Waals surface area contributed by atoms with Gasteiger partial charge >= 0.3 is 10.2 Å². The molecule has 1 fully saturated rings. The summed E-state index contributed by atoms with van der Waals surface area (Å²) < 4.78 is 50.5. The summed E-state index contributed by atoms with van der Waals surface area (Å²) in [4.78, 5) is 26.7. The molecule has 242 valence electrons. The molecule has 0 saturated carbocycles. The van der Waals surface area contributed by atoms with E-state index in [0.29, 0.717) is 5.56 Å². The van der Waals surface area contributed by atoms with Crippen molar-refractivity contribution in [3.8, 4) is 17.1 Å². The normalized spacial score (nSPS) is 19.8. The number of imidazole rings is 1. The zero-order chi connectivity index (χ0) is 32.7. The molecule has 1 amide bonds. The highest BCUT2D eigenvalue weighted by Gasteiger charge is 2.46. The summed E-state index contributed by atoms with van der Waals surface area (Å²) in [7, 11) is -4.48. The molecule has 4 atom stereocenters. The molecule has 4 aromatic rings. The lowest BCUT2D eigenvalue weighted by Crippen LogP contribution is -3.11. The van der Waals surface area contributed by atoms with Crippen LogP contribution < -0.4 is 25.2 Å². The molecule has 45 heavy (non-hydrogen) atoms. The van der Waals surface area contributed by atoms with Gasteiger partial charge in [0.05, 0.1) is 26.0 Å². The summed E-state index contributed by atoms with van der Waals surface area (Å²) >= 11 is 0. The second-order valence-corrected chi connectivity index (χ2v) is 11.7. The predicted octanol–water partition coefficient (Wildman–Crippen LogP) is -0.0591. The Labute approximate surface area is 260 Å². The molecule has 1 aliphatic rings. The van der Waals surface area contributed by atoms with Crippen LogP contribution in [0, 0.1) is 0 Å². The minimum absolute atomic E-state index is 0.0567. The molecule has 0 bridgehead atoms. The van der Waals surface area contributed by atoms with E-state index in [0.717, 1.165) is 6.07 Å². The number of halogens is 1. The van der Waals surface area contributed by atoms with Gasteiger partial charge in [0.2, 0.25) is 0 Å². The van der Waals surface area contributed by atoms with Gasteiger partial charge in [0, 0.05) is 17.7 Å². The topological polar surface area (TPSA) is 202 Å². The molecule has 6 N–H and O–H groups in total. The highest BCUT2D eigenvalue weighted by Crippen LogP contribution is 2.34. The van der Waals surface area contributed by atoms with Crippen LogP contribution in [-0.2, 0) is 14.9 Å². The Bertz CT molecular complexity index is 1700. The van der Waals surface area contributed by atoms with Crippen molar-refractivity contribution in [1.29, 1.82) is 0 Å². The van der Waals surface area contributed by atoms with E-state index in [1.165, 1.54) is 48.7 Å². The molecular formula is C29H37FN8O6S. The average Bonchev–Trinajstić information content (AvgIpc) is 3.58. The molecule has 0 aliphatic carbocycles. The average molecular weight is 645 g/mol. The van der Waals surface area contributed by atoms with Crippen LogP contribution in [0.4, 0.5) is 10.2 Å². The molecule has 14 nitrogen and oxygen atoms in total. The van der Waals surface area contributed by atoms with Crippen molar-refractivity contribution in [1.82, 2.24) is 29.0 Å². The number of nitrogens with one attached hydrogen (secondary N) is 3. The SMILES string of the molecule is CC[NH+](CC)CC.Nc1nc(-c2ccccc2)nc2c1ncn2[C@@H]1O[C@H](CNS(=O)(=O)NC(=O)c2ccccc2[O-])[C@@H](O)[C@H]1F. The maximum Gasteiger partial charge on any atom is 0.301 e. The highest BCUT2D eigenvalue weighted by molar-refractivity contribution is 7.88. The fourth-order valence-electron chi connectivity index (χ4n) is 4.75.